The largest absolute Gasteiger partial charge is 0.327 e. The van der Waals surface area contributed by atoms with Crippen molar-refractivity contribution < 1.29 is 9.09 Å². The molecule has 0 radical (unpaired) electrons. The molecule has 2 nitrogen and oxygen atoms in total. The van der Waals surface area contributed by atoms with E-state index in [0.29, 0.717) is 6.61 Å². The predicted octanol–water partition coefficient (Wildman–Crippen LogP) is 2.52. The molecule has 0 aromatic heterocycles. The van der Waals surface area contributed by atoms with E-state index < -0.39 is 8.03 Å². The molecule has 1 atom stereocenters. The van der Waals surface area contributed by atoms with E-state index >= 15 is 0 Å². The van der Waals surface area contributed by atoms with Gasteiger partial charge in [0, 0.05) is 5.30 Å². The van der Waals surface area contributed by atoms with Crippen LogP contribution in [0.25, 0.3) is 0 Å². The third-order valence-electron chi connectivity index (χ3n) is 1.80. The van der Waals surface area contributed by atoms with Crippen LogP contribution in [0.5, 0.6) is 0 Å². The maximum absolute atomic E-state index is 11.6. The Hall–Kier alpha value is -0.590. The van der Waals surface area contributed by atoms with E-state index in [-0.39, 0.29) is 0 Å². The number of hydrogen-bond acceptors (Lipinski definition) is 2. The zero-order chi connectivity index (χ0) is 9.68. The molecule has 0 fully saturated rings. The van der Waals surface area contributed by atoms with Crippen LogP contribution in [0, 0.1) is 6.92 Å². The molecule has 1 aromatic carbocycles. The third kappa shape index (κ3) is 2.98. The van der Waals surface area contributed by atoms with Gasteiger partial charge in [0.2, 0.25) is 8.03 Å². The molecule has 0 N–H and O–H groups in total. The van der Waals surface area contributed by atoms with Gasteiger partial charge in [-0.05, 0) is 25.0 Å². The maximum atomic E-state index is 11.6. The quantitative estimate of drug-likeness (QED) is 0.695. The lowest BCUT2D eigenvalue weighted by Gasteiger charge is -2.05. The van der Waals surface area contributed by atoms with Crippen molar-refractivity contribution in [1.29, 1.82) is 0 Å². The maximum Gasteiger partial charge on any atom is 0.220 e. The molecule has 0 saturated carbocycles. The van der Waals surface area contributed by atoms with Crippen LogP contribution < -0.4 is 5.30 Å². The van der Waals surface area contributed by atoms with Gasteiger partial charge in [0.25, 0.3) is 0 Å². The van der Waals surface area contributed by atoms with Gasteiger partial charge in [-0.3, -0.25) is 4.57 Å². The van der Waals surface area contributed by atoms with Crippen molar-refractivity contribution in [2.75, 3.05) is 6.61 Å². The zero-order valence-corrected chi connectivity index (χ0v) is 9.04. The van der Waals surface area contributed by atoms with E-state index in [2.05, 4.69) is 0 Å². The van der Waals surface area contributed by atoms with E-state index in [1.165, 1.54) is 0 Å². The number of rotatable bonds is 4. The first-order valence-electron chi connectivity index (χ1n) is 4.48. The molecule has 1 aromatic rings. The Morgan fingerprint density at radius 1 is 1.38 bits per heavy atom. The summed E-state index contributed by atoms with van der Waals surface area (Å²) in [5.74, 6) is 0. The standard InChI is InChI=1S/C10H15O2P/c1-3-8-12-13(11)10-7-5-4-6-9(10)2/h4-7,13H,3,8H2,1-2H3. The van der Waals surface area contributed by atoms with E-state index in [0.717, 1.165) is 17.3 Å². The Morgan fingerprint density at radius 3 is 2.69 bits per heavy atom. The Kier molecular flexibility index (Phi) is 4.20. The average Bonchev–Trinajstić information content (AvgIpc) is 2.15. The van der Waals surface area contributed by atoms with Gasteiger partial charge < -0.3 is 4.52 Å². The molecule has 0 spiro atoms. The fourth-order valence-electron chi connectivity index (χ4n) is 1.07. The monoisotopic (exact) mass is 198 g/mol. The highest BCUT2D eigenvalue weighted by Crippen LogP contribution is 2.23. The summed E-state index contributed by atoms with van der Waals surface area (Å²) in [6.07, 6.45) is 0.905. The van der Waals surface area contributed by atoms with Crippen LogP contribution in [0.1, 0.15) is 18.9 Å². The highest BCUT2D eigenvalue weighted by molar-refractivity contribution is 7.48. The van der Waals surface area contributed by atoms with Crippen molar-refractivity contribution >= 4 is 13.3 Å². The van der Waals surface area contributed by atoms with E-state index in [4.69, 9.17) is 4.52 Å². The summed E-state index contributed by atoms with van der Waals surface area (Å²) >= 11 is 0. The van der Waals surface area contributed by atoms with Crippen molar-refractivity contribution in [2.24, 2.45) is 0 Å². The van der Waals surface area contributed by atoms with Crippen LogP contribution in [0.3, 0.4) is 0 Å². The van der Waals surface area contributed by atoms with Crippen molar-refractivity contribution in [3.63, 3.8) is 0 Å². The fourth-order valence-corrected chi connectivity index (χ4v) is 2.26. The number of benzene rings is 1. The first-order valence-corrected chi connectivity index (χ1v) is 5.80. The molecule has 1 unspecified atom stereocenters. The molecule has 13 heavy (non-hydrogen) atoms. The highest BCUT2D eigenvalue weighted by atomic mass is 31.1. The van der Waals surface area contributed by atoms with Crippen LogP contribution in [-0.2, 0) is 9.09 Å². The lowest BCUT2D eigenvalue weighted by molar-refractivity contribution is 0.335. The predicted molar refractivity (Wildman–Crippen MR) is 56.1 cm³/mol. The molecule has 0 amide bonds. The summed E-state index contributed by atoms with van der Waals surface area (Å²) in [5, 5.41) is 0.848. The van der Waals surface area contributed by atoms with Crippen LogP contribution >= 0.6 is 8.03 Å². The van der Waals surface area contributed by atoms with Gasteiger partial charge in [-0.15, -0.1) is 0 Å². The van der Waals surface area contributed by atoms with Crippen molar-refractivity contribution in [3.8, 4) is 0 Å². The lowest BCUT2D eigenvalue weighted by Crippen LogP contribution is -2.02. The SMILES string of the molecule is CCCO[PH](=O)c1ccccc1C. The molecule has 0 aliphatic carbocycles. The minimum atomic E-state index is -2.01. The fraction of sp³-hybridized carbons (Fsp3) is 0.400. The molecular weight excluding hydrogens is 183 g/mol. The van der Waals surface area contributed by atoms with Crippen LogP contribution in [0.4, 0.5) is 0 Å². The van der Waals surface area contributed by atoms with Gasteiger partial charge in [-0.1, -0.05) is 25.1 Å². The van der Waals surface area contributed by atoms with Gasteiger partial charge >= 0.3 is 0 Å². The summed E-state index contributed by atoms with van der Waals surface area (Å²) in [5.41, 5.74) is 1.04. The topological polar surface area (TPSA) is 26.3 Å². The number of aryl methyl sites for hydroxylation is 1. The minimum absolute atomic E-state index is 0.576. The van der Waals surface area contributed by atoms with E-state index in [1.54, 1.807) is 0 Å². The Balaban J connectivity index is 2.71. The van der Waals surface area contributed by atoms with Crippen LogP contribution in [-0.4, -0.2) is 6.61 Å². The first-order chi connectivity index (χ1) is 6.25. The van der Waals surface area contributed by atoms with E-state index in [1.807, 2.05) is 38.1 Å². The Bertz CT molecular complexity index is 297. The molecule has 0 bridgehead atoms. The normalized spacial score (nSPS) is 12.8. The Labute approximate surface area is 79.8 Å². The second kappa shape index (κ2) is 5.21. The number of hydrogen-bond donors (Lipinski definition) is 0. The van der Waals surface area contributed by atoms with Crippen LogP contribution in [0.15, 0.2) is 24.3 Å². The van der Waals surface area contributed by atoms with Gasteiger partial charge in [0.15, 0.2) is 0 Å². The molecule has 0 aliphatic rings. The van der Waals surface area contributed by atoms with Crippen molar-refractivity contribution in [2.45, 2.75) is 20.3 Å². The van der Waals surface area contributed by atoms with Gasteiger partial charge in [0.05, 0.1) is 6.61 Å². The second-order valence-electron chi connectivity index (χ2n) is 2.95. The lowest BCUT2D eigenvalue weighted by atomic mass is 10.2. The molecule has 0 heterocycles. The average molecular weight is 198 g/mol. The molecule has 3 heteroatoms. The molecule has 1 rings (SSSR count). The van der Waals surface area contributed by atoms with Gasteiger partial charge in [0.1, 0.15) is 0 Å². The highest BCUT2D eigenvalue weighted by Gasteiger charge is 2.05. The van der Waals surface area contributed by atoms with Gasteiger partial charge in [-0.2, -0.15) is 0 Å². The molecule has 0 saturated heterocycles. The molecular formula is C10H15O2P. The second-order valence-corrected chi connectivity index (χ2v) is 4.35. The third-order valence-corrected chi connectivity index (χ3v) is 3.27. The molecule has 72 valence electrons. The summed E-state index contributed by atoms with van der Waals surface area (Å²) < 4.78 is 16.8. The minimum Gasteiger partial charge on any atom is -0.327 e. The zero-order valence-electron chi connectivity index (χ0n) is 8.04. The summed E-state index contributed by atoms with van der Waals surface area (Å²) in [4.78, 5) is 0. The van der Waals surface area contributed by atoms with Gasteiger partial charge in [-0.25, -0.2) is 0 Å². The van der Waals surface area contributed by atoms with Crippen molar-refractivity contribution in [3.05, 3.63) is 29.8 Å². The summed E-state index contributed by atoms with van der Waals surface area (Å²) in [7, 11) is -2.01. The Morgan fingerprint density at radius 2 is 2.08 bits per heavy atom. The summed E-state index contributed by atoms with van der Waals surface area (Å²) in [6, 6.07) is 7.65. The summed E-state index contributed by atoms with van der Waals surface area (Å²) in [6.45, 7) is 4.53. The van der Waals surface area contributed by atoms with E-state index in [9.17, 15) is 4.57 Å². The molecule has 0 aliphatic heterocycles. The first kappa shape index (κ1) is 10.5. The van der Waals surface area contributed by atoms with Crippen LogP contribution in [0.2, 0.25) is 0 Å². The smallest absolute Gasteiger partial charge is 0.220 e. The van der Waals surface area contributed by atoms with Crippen molar-refractivity contribution in [1.82, 2.24) is 0 Å².